The van der Waals surface area contributed by atoms with Crippen LogP contribution in [0.15, 0.2) is 34.1 Å². The topological polar surface area (TPSA) is 105 Å². The number of aliphatic carboxylic acids is 1. The molecule has 1 aliphatic carbocycles. The first-order chi connectivity index (χ1) is 16.9. The zero-order valence-electron chi connectivity index (χ0n) is 20.4. The van der Waals surface area contributed by atoms with E-state index < -0.39 is 17.4 Å². The number of piperidine rings is 1. The quantitative estimate of drug-likeness (QED) is 0.655. The number of nitrogens with zero attached hydrogens (tertiary/aromatic N) is 4. The second-order valence-corrected chi connectivity index (χ2v) is 10.4. The van der Waals surface area contributed by atoms with Crippen LogP contribution in [0.4, 0.5) is 0 Å². The van der Waals surface area contributed by atoms with Gasteiger partial charge in [-0.05, 0) is 57.6 Å². The summed E-state index contributed by atoms with van der Waals surface area (Å²) in [5.41, 5.74) is 0.130. The molecular formula is C27H34N4O4. The Morgan fingerprint density at radius 3 is 2.20 bits per heavy atom. The highest BCUT2D eigenvalue weighted by Crippen LogP contribution is 2.44. The second-order valence-electron chi connectivity index (χ2n) is 10.4. The Labute approximate surface area is 205 Å². The minimum atomic E-state index is -1.29. The van der Waals surface area contributed by atoms with Crippen molar-refractivity contribution in [3.63, 3.8) is 0 Å². The van der Waals surface area contributed by atoms with Crippen molar-refractivity contribution in [1.82, 2.24) is 14.5 Å². The van der Waals surface area contributed by atoms with Gasteiger partial charge in [-0.25, -0.2) is 14.8 Å². The van der Waals surface area contributed by atoms with E-state index in [1.807, 2.05) is 18.2 Å². The maximum atomic E-state index is 13.6. The highest BCUT2D eigenvalue weighted by molar-refractivity contribution is 6.36. The summed E-state index contributed by atoms with van der Waals surface area (Å²) in [6, 6.07) is 8.90. The van der Waals surface area contributed by atoms with E-state index in [1.165, 1.54) is 51.9 Å². The van der Waals surface area contributed by atoms with E-state index in [0.29, 0.717) is 23.6 Å². The lowest BCUT2D eigenvalue weighted by atomic mass is 9.89. The first kappa shape index (κ1) is 23.9. The molecule has 35 heavy (non-hydrogen) atoms. The molecule has 1 N–H and O–H groups in total. The number of aliphatic imine (C=N–C) groups is 1. The Bertz CT molecular complexity index is 1200. The van der Waals surface area contributed by atoms with Gasteiger partial charge in [-0.1, -0.05) is 44.2 Å². The molecule has 3 atom stereocenters. The van der Waals surface area contributed by atoms with Crippen LogP contribution in [-0.2, 0) is 4.79 Å². The van der Waals surface area contributed by atoms with Gasteiger partial charge in [0.15, 0.2) is 5.69 Å². The fourth-order valence-corrected chi connectivity index (χ4v) is 6.63. The molecule has 3 aliphatic rings. The van der Waals surface area contributed by atoms with Crippen molar-refractivity contribution >= 4 is 28.6 Å². The number of rotatable bonds is 4. The molecule has 3 heterocycles. The van der Waals surface area contributed by atoms with Crippen LogP contribution in [-0.4, -0.2) is 55.3 Å². The van der Waals surface area contributed by atoms with Crippen molar-refractivity contribution in [3.8, 4) is 0 Å². The van der Waals surface area contributed by atoms with E-state index in [4.69, 9.17) is 5.11 Å². The molecule has 2 bridgehead atoms. The Balaban J connectivity index is 1.49. The summed E-state index contributed by atoms with van der Waals surface area (Å²) in [4.78, 5) is 48.3. The van der Waals surface area contributed by atoms with Gasteiger partial charge in [-0.15, -0.1) is 0 Å². The zero-order valence-corrected chi connectivity index (χ0v) is 20.4. The van der Waals surface area contributed by atoms with Gasteiger partial charge in [-0.2, -0.15) is 0 Å². The summed E-state index contributed by atoms with van der Waals surface area (Å²) in [5.74, 6) is -2.19. The number of benzene rings is 1. The third-order valence-corrected chi connectivity index (χ3v) is 8.20. The average Bonchev–Trinajstić information content (AvgIpc) is 3.07. The fraction of sp³-hybridized carbons (Fsp3) is 0.593. The van der Waals surface area contributed by atoms with Crippen molar-refractivity contribution in [1.29, 1.82) is 0 Å². The van der Waals surface area contributed by atoms with Crippen LogP contribution in [0.2, 0.25) is 0 Å². The highest BCUT2D eigenvalue weighted by atomic mass is 16.4. The summed E-state index contributed by atoms with van der Waals surface area (Å²) >= 11 is 0. The first-order valence-corrected chi connectivity index (χ1v) is 13.1. The Morgan fingerprint density at radius 1 is 0.914 bits per heavy atom. The molecule has 1 saturated carbocycles. The van der Waals surface area contributed by atoms with E-state index in [-0.39, 0.29) is 17.4 Å². The van der Waals surface area contributed by atoms with E-state index in [2.05, 4.69) is 14.9 Å². The molecule has 1 aromatic heterocycles. The van der Waals surface area contributed by atoms with Crippen LogP contribution < -0.4 is 5.56 Å². The van der Waals surface area contributed by atoms with Crippen LogP contribution >= 0.6 is 0 Å². The number of carbonyl (C=O) groups is 2. The molecule has 2 aliphatic heterocycles. The SMILES string of the molecule is CC(=NC(=O)c1nc2ccccc2n(C2C[C@H]3CC[C@@H](C2)N3C2CCCCCCC2)c1=O)C(=O)O. The van der Waals surface area contributed by atoms with Gasteiger partial charge in [0.05, 0.1) is 11.0 Å². The lowest BCUT2D eigenvalue weighted by Gasteiger charge is -2.45. The maximum Gasteiger partial charge on any atom is 0.350 e. The average molecular weight is 479 g/mol. The fourth-order valence-electron chi connectivity index (χ4n) is 6.63. The largest absolute Gasteiger partial charge is 0.477 e. The minimum Gasteiger partial charge on any atom is -0.477 e. The van der Waals surface area contributed by atoms with E-state index >= 15 is 0 Å². The monoisotopic (exact) mass is 478 g/mol. The normalized spacial score (nSPS) is 26.4. The van der Waals surface area contributed by atoms with Gasteiger partial charge in [0.25, 0.3) is 5.56 Å². The maximum absolute atomic E-state index is 13.6. The highest BCUT2D eigenvalue weighted by Gasteiger charge is 2.44. The predicted octanol–water partition coefficient (Wildman–Crippen LogP) is 4.36. The van der Waals surface area contributed by atoms with Crippen molar-refractivity contribution in [2.75, 3.05) is 0 Å². The summed E-state index contributed by atoms with van der Waals surface area (Å²) in [6.45, 7) is 1.24. The number of fused-ring (bicyclic) bond motifs is 3. The molecule has 8 nitrogen and oxygen atoms in total. The molecule has 2 saturated heterocycles. The molecule has 1 amide bonds. The molecule has 0 radical (unpaired) electrons. The number of carboxylic acids is 1. The zero-order chi connectivity index (χ0) is 24.5. The molecular weight excluding hydrogens is 444 g/mol. The van der Waals surface area contributed by atoms with Gasteiger partial charge < -0.3 is 9.67 Å². The van der Waals surface area contributed by atoms with Gasteiger partial charge in [0.2, 0.25) is 0 Å². The van der Waals surface area contributed by atoms with E-state index in [0.717, 1.165) is 31.2 Å². The molecule has 5 rings (SSSR count). The number of carbonyl (C=O) groups excluding carboxylic acids is 1. The van der Waals surface area contributed by atoms with Crippen molar-refractivity contribution in [2.45, 2.75) is 102 Å². The summed E-state index contributed by atoms with van der Waals surface area (Å²) < 4.78 is 1.75. The molecule has 0 spiro atoms. The van der Waals surface area contributed by atoms with Crippen LogP contribution in [0.1, 0.15) is 94.1 Å². The predicted molar refractivity (Wildman–Crippen MR) is 134 cm³/mol. The van der Waals surface area contributed by atoms with Crippen molar-refractivity contribution in [2.24, 2.45) is 4.99 Å². The van der Waals surface area contributed by atoms with Crippen LogP contribution in [0, 0.1) is 0 Å². The van der Waals surface area contributed by atoms with Gasteiger partial charge in [0.1, 0.15) is 5.71 Å². The number of carboxylic acid groups (broad SMARTS) is 1. The summed E-state index contributed by atoms with van der Waals surface area (Å²) in [5, 5.41) is 9.12. The number of aromatic nitrogens is 2. The van der Waals surface area contributed by atoms with Crippen LogP contribution in [0.3, 0.4) is 0 Å². The van der Waals surface area contributed by atoms with Crippen LogP contribution in [0.25, 0.3) is 11.0 Å². The molecule has 1 aromatic carbocycles. The first-order valence-electron chi connectivity index (χ1n) is 13.1. The second kappa shape index (κ2) is 10.0. The Hall–Kier alpha value is -2.87. The number of amides is 1. The third kappa shape index (κ3) is 4.68. The Morgan fingerprint density at radius 2 is 1.54 bits per heavy atom. The lowest BCUT2D eigenvalue weighted by molar-refractivity contribution is -0.129. The molecule has 3 fully saturated rings. The standard InChI is InChI=1S/C27H34N4O4/c1-17(27(34)35)28-25(32)24-26(33)31(23-12-8-7-11-22(23)29-24)21-15-19-13-14-20(16-21)30(19)18-9-5-3-2-4-6-10-18/h7-8,11-12,18-21H,2-6,9-10,13-16H2,1H3,(H,34,35)/t19-,20+,21?. The number of hydrogen-bond donors (Lipinski definition) is 1. The van der Waals surface area contributed by atoms with Gasteiger partial charge in [0, 0.05) is 24.2 Å². The minimum absolute atomic E-state index is 0.0196. The molecule has 8 heteroatoms. The van der Waals surface area contributed by atoms with Crippen molar-refractivity contribution < 1.29 is 14.7 Å². The summed E-state index contributed by atoms with van der Waals surface area (Å²) in [7, 11) is 0. The van der Waals surface area contributed by atoms with Gasteiger partial charge >= 0.3 is 11.9 Å². The molecule has 186 valence electrons. The Kier molecular flexibility index (Phi) is 6.82. The smallest absolute Gasteiger partial charge is 0.350 e. The summed E-state index contributed by atoms with van der Waals surface area (Å²) in [6.07, 6.45) is 13.3. The van der Waals surface area contributed by atoms with Crippen LogP contribution in [0.5, 0.6) is 0 Å². The van der Waals surface area contributed by atoms with Gasteiger partial charge in [-0.3, -0.25) is 14.5 Å². The van der Waals surface area contributed by atoms with E-state index in [9.17, 15) is 14.4 Å². The molecule has 1 unspecified atom stereocenters. The van der Waals surface area contributed by atoms with E-state index in [1.54, 1.807) is 10.6 Å². The third-order valence-electron chi connectivity index (χ3n) is 8.20. The number of para-hydroxylation sites is 2. The number of hydrogen-bond acceptors (Lipinski definition) is 5. The van der Waals surface area contributed by atoms with Crippen molar-refractivity contribution in [3.05, 3.63) is 40.3 Å². The molecule has 2 aromatic rings. The lowest BCUT2D eigenvalue weighted by Crippen LogP contribution is -2.50.